The van der Waals surface area contributed by atoms with Gasteiger partial charge in [-0.25, -0.2) is 0 Å². The van der Waals surface area contributed by atoms with E-state index in [1.165, 1.54) is 62.7 Å². The van der Waals surface area contributed by atoms with Gasteiger partial charge in [0.25, 0.3) is 0 Å². The smallest absolute Gasteiger partial charge is 0.104 e. The molecule has 2 aromatic rings. The highest BCUT2D eigenvalue weighted by Gasteiger charge is 2.13. The van der Waals surface area contributed by atoms with Gasteiger partial charge < -0.3 is 14.9 Å². The fourth-order valence-electron chi connectivity index (χ4n) is 4.06. The zero-order valence-corrected chi connectivity index (χ0v) is 21.0. The van der Waals surface area contributed by atoms with Crippen molar-refractivity contribution in [3.8, 4) is 0 Å². The lowest BCUT2D eigenvalue weighted by Gasteiger charge is -2.26. The number of rotatable bonds is 16. The minimum atomic E-state index is -0.586. The first-order valence-electron chi connectivity index (χ1n) is 13.0. The van der Waals surface area contributed by atoms with E-state index in [0.29, 0.717) is 0 Å². The molecular formula is C29H46N2O. The van der Waals surface area contributed by atoms with Gasteiger partial charge in [-0.2, -0.15) is 0 Å². The first-order valence-corrected chi connectivity index (χ1v) is 13.0. The van der Waals surface area contributed by atoms with Gasteiger partial charge in [-0.15, -0.1) is 0 Å². The number of hydrogen-bond acceptors (Lipinski definition) is 3. The molecule has 0 fully saturated rings. The molecule has 0 radical (unpaired) electrons. The minimum absolute atomic E-state index is 0.586. The first-order chi connectivity index (χ1) is 15.6. The fraction of sp³-hybridized carbons (Fsp3) is 0.586. The van der Waals surface area contributed by atoms with Crippen molar-refractivity contribution in [1.82, 2.24) is 0 Å². The van der Waals surface area contributed by atoms with Crippen LogP contribution in [0.3, 0.4) is 0 Å². The fourth-order valence-corrected chi connectivity index (χ4v) is 4.06. The molecule has 2 aromatic carbocycles. The highest BCUT2D eigenvalue weighted by Crippen LogP contribution is 2.27. The predicted octanol–water partition coefficient (Wildman–Crippen LogP) is 7.58. The van der Waals surface area contributed by atoms with Crippen molar-refractivity contribution in [2.45, 2.75) is 85.2 Å². The van der Waals surface area contributed by atoms with Gasteiger partial charge in [0.1, 0.15) is 6.10 Å². The molecule has 0 atom stereocenters. The van der Waals surface area contributed by atoms with E-state index in [0.717, 1.165) is 37.3 Å². The van der Waals surface area contributed by atoms with E-state index in [-0.39, 0.29) is 0 Å². The van der Waals surface area contributed by atoms with Crippen LogP contribution >= 0.6 is 0 Å². The van der Waals surface area contributed by atoms with Crippen molar-refractivity contribution in [1.29, 1.82) is 0 Å². The highest BCUT2D eigenvalue weighted by atomic mass is 16.3. The Morgan fingerprint density at radius 3 is 1.06 bits per heavy atom. The molecule has 0 aliphatic heterocycles. The second-order valence-corrected chi connectivity index (χ2v) is 8.97. The summed E-state index contributed by atoms with van der Waals surface area (Å²) in [6.45, 7) is 13.4. The van der Waals surface area contributed by atoms with Crippen LogP contribution in [0.25, 0.3) is 0 Å². The average Bonchev–Trinajstić information content (AvgIpc) is 2.84. The van der Waals surface area contributed by atoms with Crippen molar-refractivity contribution in [3.63, 3.8) is 0 Å². The zero-order chi connectivity index (χ0) is 23.2. The van der Waals surface area contributed by atoms with Crippen LogP contribution in [0.2, 0.25) is 0 Å². The Labute approximate surface area is 197 Å². The van der Waals surface area contributed by atoms with Crippen molar-refractivity contribution >= 4 is 11.4 Å². The van der Waals surface area contributed by atoms with Crippen LogP contribution in [0.4, 0.5) is 11.4 Å². The van der Waals surface area contributed by atoms with E-state index in [2.05, 4.69) is 86.0 Å². The molecule has 0 aliphatic carbocycles. The standard InChI is InChI=1S/C29H46N2O/c1-5-9-21-30(22-10-6-2)27-17-13-25(14-18-27)29(32)26-15-19-28(20-16-26)31(23-11-7-3)24-12-8-4/h13-20,29,32H,5-12,21-24H2,1-4H3. The molecule has 0 unspecified atom stereocenters. The molecule has 32 heavy (non-hydrogen) atoms. The van der Waals surface area contributed by atoms with Crippen LogP contribution in [0.15, 0.2) is 48.5 Å². The van der Waals surface area contributed by atoms with E-state index in [9.17, 15) is 5.11 Å². The van der Waals surface area contributed by atoms with Gasteiger partial charge in [0, 0.05) is 37.6 Å². The lowest BCUT2D eigenvalue weighted by molar-refractivity contribution is 0.220. The molecule has 3 heteroatoms. The lowest BCUT2D eigenvalue weighted by atomic mass is 10.0. The Balaban J connectivity index is 2.08. The SMILES string of the molecule is CCCCN(CCCC)c1ccc(C(O)c2ccc(N(CCCC)CCCC)cc2)cc1. The van der Waals surface area contributed by atoms with Crippen LogP contribution < -0.4 is 9.80 Å². The van der Waals surface area contributed by atoms with Crippen LogP contribution in [-0.4, -0.2) is 31.3 Å². The first kappa shape index (κ1) is 26.3. The monoisotopic (exact) mass is 438 g/mol. The van der Waals surface area contributed by atoms with Gasteiger partial charge in [-0.1, -0.05) is 77.6 Å². The van der Waals surface area contributed by atoms with Crippen molar-refractivity contribution in [3.05, 3.63) is 59.7 Å². The highest BCUT2D eigenvalue weighted by molar-refractivity contribution is 5.51. The molecular weight excluding hydrogens is 392 g/mol. The molecule has 3 nitrogen and oxygen atoms in total. The summed E-state index contributed by atoms with van der Waals surface area (Å²) in [6.07, 6.45) is 9.13. The van der Waals surface area contributed by atoms with E-state index in [1.54, 1.807) is 0 Å². The average molecular weight is 439 g/mol. The molecule has 2 rings (SSSR count). The summed E-state index contributed by atoms with van der Waals surface area (Å²) in [5.41, 5.74) is 4.45. The summed E-state index contributed by atoms with van der Waals surface area (Å²) < 4.78 is 0. The number of hydrogen-bond donors (Lipinski definition) is 1. The van der Waals surface area contributed by atoms with Crippen molar-refractivity contribution < 1.29 is 5.11 Å². The topological polar surface area (TPSA) is 26.7 Å². The number of benzene rings is 2. The third kappa shape index (κ3) is 8.16. The third-order valence-electron chi connectivity index (χ3n) is 6.27. The van der Waals surface area contributed by atoms with Crippen LogP contribution in [-0.2, 0) is 0 Å². The predicted molar refractivity (Wildman–Crippen MR) is 141 cm³/mol. The number of aliphatic hydroxyl groups is 1. The molecule has 1 N–H and O–H groups in total. The maximum atomic E-state index is 11.0. The molecule has 0 aliphatic rings. The quantitative estimate of drug-likeness (QED) is 0.292. The summed E-state index contributed by atoms with van der Waals surface area (Å²) in [5, 5.41) is 11.0. The van der Waals surface area contributed by atoms with Crippen LogP contribution in [0, 0.1) is 0 Å². The molecule has 0 bridgehead atoms. The van der Waals surface area contributed by atoms with Crippen molar-refractivity contribution in [2.75, 3.05) is 36.0 Å². The molecule has 0 saturated heterocycles. The molecule has 0 aromatic heterocycles. The van der Waals surface area contributed by atoms with Crippen molar-refractivity contribution in [2.24, 2.45) is 0 Å². The van der Waals surface area contributed by atoms with Crippen LogP contribution in [0.5, 0.6) is 0 Å². The number of unbranched alkanes of at least 4 members (excludes halogenated alkanes) is 4. The second kappa shape index (κ2) is 14.9. The molecule has 0 spiro atoms. The summed E-state index contributed by atoms with van der Waals surface area (Å²) in [6, 6.07) is 17.1. The van der Waals surface area contributed by atoms with Gasteiger partial charge in [0.05, 0.1) is 0 Å². The van der Waals surface area contributed by atoms with Gasteiger partial charge in [0.15, 0.2) is 0 Å². The summed E-state index contributed by atoms with van der Waals surface area (Å²) in [7, 11) is 0. The van der Waals surface area contributed by atoms with Gasteiger partial charge >= 0.3 is 0 Å². The Hall–Kier alpha value is -2.00. The van der Waals surface area contributed by atoms with Crippen LogP contribution in [0.1, 0.15) is 96.3 Å². The Bertz CT molecular complexity index is 646. The largest absolute Gasteiger partial charge is 0.384 e. The van der Waals surface area contributed by atoms with E-state index in [1.807, 2.05) is 0 Å². The van der Waals surface area contributed by atoms with Gasteiger partial charge in [-0.3, -0.25) is 0 Å². The zero-order valence-electron chi connectivity index (χ0n) is 21.0. The maximum absolute atomic E-state index is 11.0. The lowest BCUT2D eigenvalue weighted by Crippen LogP contribution is -2.25. The van der Waals surface area contributed by atoms with E-state index >= 15 is 0 Å². The molecule has 0 heterocycles. The maximum Gasteiger partial charge on any atom is 0.104 e. The molecule has 0 amide bonds. The Kier molecular flexibility index (Phi) is 12.3. The Morgan fingerprint density at radius 2 is 0.812 bits per heavy atom. The van der Waals surface area contributed by atoms with E-state index < -0.39 is 6.10 Å². The van der Waals surface area contributed by atoms with E-state index in [4.69, 9.17) is 0 Å². The molecule has 0 saturated carbocycles. The number of anilines is 2. The second-order valence-electron chi connectivity index (χ2n) is 8.97. The summed E-state index contributed by atoms with van der Waals surface area (Å²) in [5.74, 6) is 0. The summed E-state index contributed by atoms with van der Waals surface area (Å²) >= 11 is 0. The number of aliphatic hydroxyl groups excluding tert-OH is 1. The van der Waals surface area contributed by atoms with Gasteiger partial charge in [-0.05, 0) is 61.1 Å². The normalized spacial score (nSPS) is 11.2. The Morgan fingerprint density at radius 1 is 0.531 bits per heavy atom. The number of nitrogens with zero attached hydrogens (tertiary/aromatic N) is 2. The molecule has 178 valence electrons. The van der Waals surface area contributed by atoms with Gasteiger partial charge in [0.2, 0.25) is 0 Å². The third-order valence-corrected chi connectivity index (χ3v) is 6.27. The minimum Gasteiger partial charge on any atom is -0.384 e. The summed E-state index contributed by atoms with van der Waals surface area (Å²) in [4.78, 5) is 4.97.